The molecule has 0 aliphatic carbocycles. The largest absolute Gasteiger partial charge is 0.486 e. The van der Waals surface area contributed by atoms with E-state index in [4.69, 9.17) is 9.47 Å². The molecule has 0 unspecified atom stereocenters. The first-order chi connectivity index (χ1) is 12.7. The van der Waals surface area contributed by atoms with Crippen LogP contribution in [0.3, 0.4) is 0 Å². The van der Waals surface area contributed by atoms with Gasteiger partial charge in [0.15, 0.2) is 10.8 Å². The minimum absolute atomic E-state index is 0.312. The lowest BCUT2D eigenvalue weighted by Crippen LogP contribution is -2.03. The summed E-state index contributed by atoms with van der Waals surface area (Å²) in [5, 5.41) is 13.7. The first kappa shape index (κ1) is 16.5. The summed E-state index contributed by atoms with van der Waals surface area (Å²) in [5.74, 6) is 2.33. The number of para-hydroxylation sites is 1. The molecular formula is C19H18N4O2S. The second-order valence-corrected chi connectivity index (χ2v) is 7.00. The Morgan fingerprint density at radius 3 is 2.54 bits per heavy atom. The molecule has 0 aliphatic heterocycles. The number of rotatable bonds is 6. The predicted octanol–water partition coefficient (Wildman–Crippen LogP) is 3.96. The summed E-state index contributed by atoms with van der Waals surface area (Å²) in [5.41, 5.74) is 2.29. The van der Waals surface area contributed by atoms with Gasteiger partial charge in [-0.25, -0.2) is 0 Å². The number of nitrogens with zero attached hydrogens (tertiary/aromatic N) is 4. The SMILES string of the molecule is Cc1ccc(OCc2nnc3sc(COc4ccccc4C)nn23)cc1. The van der Waals surface area contributed by atoms with E-state index in [0.29, 0.717) is 19.0 Å². The van der Waals surface area contributed by atoms with Crippen molar-refractivity contribution < 1.29 is 9.47 Å². The maximum atomic E-state index is 5.86. The van der Waals surface area contributed by atoms with Crippen molar-refractivity contribution in [3.05, 3.63) is 70.5 Å². The molecule has 0 amide bonds. The Labute approximate surface area is 155 Å². The van der Waals surface area contributed by atoms with Crippen molar-refractivity contribution in [1.82, 2.24) is 19.8 Å². The zero-order valence-corrected chi connectivity index (χ0v) is 15.4. The Morgan fingerprint density at radius 2 is 1.73 bits per heavy atom. The molecule has 26 heavy (non-hydrogen) atoms. The number of ether oxygens (including phenoxy) is 2. The summed E-state index contributed by atoms with van der Waals surface area (Å²) in [4.78, 5) is 0.732. The molecule has 6 nitrogen and oxygen atoms in total. The Balaban J connectivity index is 1.44. The van der Waals surface area contributed by atoms with Crippen LogP contribution in [-0.2, 0) is 13.2 Å². The molecule has 2 aromatic heterocycles. The van der Waals surface area contributed by atoms with Gasteiger partial charge in [0.05, 0.1) is 0 Å². The van der Waals surface area contributed by atoms with Crippen LogP contribution in [-0.4, -0.2) is 19.8 Å². The normalized spacial score (nSPS) is 11.0. The maximum absolute atomic E-state index is 5.86. The monoisotopic (exact) mass is 366 g/mol. The Hall–Kier alpha value is -2.93. The van der Waals surface area contributed by atoms with E-state index in [2.05, 4.69) is 15.3 Å². The molecule has 0 aliphatic rings. The van der Waals surface area contributed by atoms with Gasteiger partial charge >= 0.3 is 0 Å². The van der Waals surface area contributed by atoms with Crippen LogP contribution in [0.25, 0.3) is 4.96 Å². The van der Waals surface area contributed by atoms with Crippen molar-refractivity contribution in [2.75, 3.05) is 0 Å². The van der Waals surface area contributed by atoms with Gasteiger partial charge in [-0.05, 0) is 37.6 Å². The molecule has 132 valence electrons. The Morgan fingerprint density at radius 1 is 0.923 bits per heavy atom. The average molecular weight is 366 g/mol. The van der Waals surface area contributed by atoms with Crippen LogP contribution in [0.4, 0.5) is 0 Å². The molecule has 0 spiro atoms. The van der Waals surface area contributed by atoms with E-state index in [1.807, 2.05) is 62.4 Å². The van der Waals surface area contributed by atoms with Gasteiger partial charge in [0.2, 0.25) is 4.96 Å². The van der Waals surface area contributed by atoms with E-state index < -0.39 is 0 Å². The quantitative estimate of drug-likeness (QED) is 0.517. The highest BCUT2D eigenvalue weighted by Crippen LogP contribution is 2.21. The molecule has 0 saturated carbocycles. The van der Waals surface area contributed by atoms with E-state index in [0.717, 1.165) is 27.0 Å². The van der Waals surface area contributed by atoms with E-state index >= 15 is 0 Å². The van der Waals surface area contributed by atoms with Crippen LogP contribution in [0.2, 0.25) is 0 Å². The van der Waals surface area contributed by atoms with Crippen LogP contribution < -0.4 is 9.47 Å². The fraction of sp³-hybridized carbons (Fsp3) is 0.211. The number of aromatic nitrogens is 4. The molecule has 4 aromatic rings. The Bertz CT molecular complexity index is 1020. The predicted molar refractivity (Wildman–Crippen MR) is 99.7 cm³/mol. The van der Waals surface area contributed by atoms with E-state index in [1.165, 1.54) is 16.9 Å². The summed E-state index contributed by atoms with van der Waals surface area (Å²) in [6, 6.07) is 15.8. The number of aryl methyl sites for hydroxylation is 2. The van der Waals surface area contributed by atoms with E-state index in [9.17, 15) is 0 Å². The van der Waals surface area contributed by atoms with Gasteiger partial charge in [-0.2, -0.15) is 9.61 Å². The lowest BCUT2D eigenvalue weighted by molar-refractivity contribution is 0.289. The number of hydrogen-bond acceptors (Lipinski definition) is 6. The molecule has 0 radical (unpaired) electrons. The van der Waals surface area contributed by atoms with Crippen LogP contribution in [0, 0.1) is 13.8 Å². The summed E-state index contributed by atoms with van der Waals surface area (Å²) in [7, 11) is 0. The van der Waals surface area contributed by atoms with Gasteiger partial charge in [0.25, 0.3) is 0 Å². The molecule has 4 rings (SSSR count). The number of fused-ring (bicyclic) bond motifs is 1. The molecule has 2 aromatic carbocycles. The number of hydrogen-bond donors (Lipinski definition) is 0. The second kappa shape index (κ2) is 7.13. The standard InChI is InChI=1S/C19H18N4O2S/c1-13-7-9-15(10-8-13)24-11-17-20-21-19-23(17)22-18(26-19)12-25-16-6-4-3-5-14(16)2/h3-10H,11-12H2,1-2H3. The van der Waals surface area contributed by atoms with Crippen molar-refractivity contribution in [3.63, 3.8) is 0 Å². The molecule has 0 atom stereocenters. The van der Waals surface area contributed by atoms with E-state index in [-0.39, 0.29) is 0 Å². The Kier molecular flexibility index (Phi) is 4.53. The van der Waals surface area contributed by atoms with Gasteiger partial charge in [0.1, 0.15) is 24.7 Å². The van der Waals surface area contributed by atoms with Crippen molar-refractivity contribution in [1.29, 1.82) is 0 Å². The second-order valence-electron chi connectivity index (χ2n) is 5.96. The molecule has 2 heterocycles. The fourth-order valence-electron chi connectivity index (χ4n) is 2.49. The average Bonchev–Trinajstić information content (AvgIpc) is 3.21. The molecule has 0 saturated heterocycles. The molecule has 7 heteroatoms. The third kappa shape index (κ3) is 3.52. The zero-order valence-electron chi connectivity index (χ0n) is 14.5. The first-order valence-electron chi connectivity index (χ1n) is 8.27. The van der Waals surface area contributed by atoms with E-state index in [1.54, 1.807) is 4.52 Å². The highest BCUT2D eigenvalue weighted by Gasteiger charge is 2.13. The fourth-order valence-corrected chi connectivity index (χ4v) is 3.25. The third-order valence-corrected chi connectivity index (χ3v) is 4.80. The highest BCUT2D eigenvalue weighted by atomic mass is 32.1. The topological polar surface area (TPSA) is 61.5 Å². The summed E-state index contributed by atoms with van der Waals surface area (Å²) in [6.45, 7) is 4.78. The smallest absolute Gasteiger partial charge is 0.234 e. The van der Waals surface area contributed by atoms with Crippen molar-refractivity contribution >= 4 is 16.3 Å². The van der Waals surface area contributed by atoms with Gasteiger partial charge in [-0.1, -0.05) is 47.2 Å². The summed E-state index contributed by atoms with van der Waals surface area (Å²) in [6.07, 6.45) is 0. The van der Waals surface area contributed by atoms with Crippen LogP contribution in [0.5, 0.6) is 11.5 Å². The van der Waals surface area contributed by atoms with Crippen molar-refractivity contribution in [2.45, 2.75) is 27.1 Å². The lowest BCUT2D eigenvalue weighted by atomic mass is 10.2. The summed E-state index contributed by atoms with van der Waals surface area (Å²) < 4.78 is 13.4. The zero-order chi connectivity index (χ0) is 17.9. The van der Waals surface area contributed by atoms with Gasteiger partial charge < -0.3 is 9.47 Å². The highest BCUT2D eigenvalue weighted by molar-refractivity contribution is 7.16. The van der Waals surface area contributed by atoms with Crippen LogP contribution >= 0.6 is 11.3 Å². The lowest BCUT2D eigenvalue weighted by Gasteiger charge is -2.06. The molecule has 0 bridgehead atoms. The molecule has 0 N–H and O–H groups in total. The first-order valence-corrected chi connectivity index (χ1v) is 9.08. The van der Waals surface area contributed by atoms with Crippen LogP contribution in [0.15, 0.2) is 48.5 Å². The molecular weight excluding hydrogens is 348 g/mol. The van der Waals surface area contributed by atoms with Gasteiger partial charge in [0, 0.05) is 0 Å². The summed E-state index contributed by atoms with van der Waals surface area (Å²) >= 11 is 1.46. The number of benzene rings is 2. The van der Waals surface area contributed by atoms with Crippen LogP contribution in [0.1, 0.15) is 22.0 Å². The minimum atomic E-state index is 0.312. The maximum Gasteiger partial charge on any atom is 0.234 e. The van der Waals surface area contributed by atoms with Crippen molar-refractivity contribution in [3.8, 4) is 11.5 Å². The minimum Gasteiger partial charge on any atom is -0.486 e. The molecule has 0 fully saturated rings. The third-order valence-electron chi connectivity index (χ3n) is 3.93. The van der Waals surface area contributed by atoms with Crippen molar-refractivity contribution in [2.24, 2.45) is 0 Å². The van der Waals surface area contributed by atoms with Gasteiger partial charge in [-0.15, -0.1) is 10.2 Å². The van der Waals surface area contributed by atoms with Gasteiger partial charge in [-0.3, -0.25) is 0 Å².